The van der Waals surface area contributed by atoms with Crippen molar-refractivity contribution in [3.05, 3.63) is 88.6 Å². The summed E-state index contributed by atoms with van der Waals surface area (Å²) in [6, 6.07) is 8.13. The number of carbonyl (C=O) groups is 3. The highest BCUT2D eigenvalue weighted by molar-refractivity contribution is 6.34. The number of benzene rings is 1. The Bertz CT molecular complexity index is 2400. The van der Waals surface area contributed by atoms with Crippen LogP contribution in [0.5, 0.6) is 0 Å². The summed E-state index contributed by atoms with van der Waals surface area (Å²) in [4.78, 5) is 55.9. The van der Waals surface area contributed by atoms with Gasteiger partial charge in [-0.05, 0) is 68.0 Å². The molecule has 60 heavy (non-hydrogen) atoms. The van der Waals surface area contributed by atoms with Crippen LogP contribution >= 0.6 is 11.6 Å². The van der Waals surface area contributed by atoms with E-state index < -0.39 is 36.4 Å². The van der Waals surface area contributed by atoms with E-state index in [1.54, 1.807) is 14.0 Å². The molecule has 1 unspecified atom stereocenters. The van der Waals surface area contributed by atoms with Gasteiger partial charge in [-0.25, -0.2) is 28.1 Å². The molecular weight excluding hydrogens is 794 g/mol. The molecular formula is C42H49ClF2N12O3. The molecule has 0 bridgehead atoms. The van der Waals surface area contributed by atoms with Crippen LogP contribution in [0.25, 0.3) is 11.2 Å². The topological polar surface area (TPSA) is 161 Å². The molecule has 3 saturated heterocycles. The first-order valence-electron chi connectivity index (χ1n) is 20.2. The number of primary amides is 1. The number of carbonyl (C=O) groups excluding carboxylic acids is 3. The first-order chi connectivity index (χ1) is 28.7. The molecule has 0 spiro atoms. The molecule has 8 rings (SSSR count). The smallest absolute Gasteiger partial charge is 0.326 e. The number of rotatable bonds is 11. The molecule has 0 radical (unpaired) electrons. The van der Waals surface area contributed by atoms with Crippen LogP contribution in [-0.2, 0) is 6.42 Å². The minimum atomic E-state index is -3.12. The number of aryl methyl sites for hydroxylation is 1. The van der Waals surface area contributed by atoms with E-state index in [0.29, 0.717) is 74.2 Å². The van der Waals surface area contributed by atoms with Gasteiger partial charge in [-0.2, -0.15) is 0 Å². The standard InChI is InChI=1S/C42H49ClF2N12O3/c1-25(28-8-5-9-32-29(28)11-16-55(32)36-22-30(47-4)39-48-23-34(38(46)58)57(39)51-36)7-6-13-52-17-19-53(20-18-52)35-12-14-54(24-42(35,44)45)40(59)31-21-33(37(43)27(3)50-31)56-15-10-26(2)49-41(56)60/h5,8-9,21-23,35,47H,1-2,6-7,10-20,24H2,3-4H3,(H2,46,58)(H,49,60). The predicted octanol–water partition coefficient (Wildman–Crippen LogP) is 5.32. The van der Waals surface area contributed by atoms with Crippen LogP contribution < -0.4 is 26.2 Å². The summed E-state index contributed by atoms with van der Waals surface area (Å²) in [5.41, 5.74) is 12.6. The number of urea groups is 1. The van der Waals surface area contributed by atoms with Crippen molar-refractivity contribution < 1.29 is 23.2 Å². The van der Waals surface area contributed by atoms with E-state index in [1.807, 2.05) is 17.0 Å². The molecule has 3 fully saturated rings. The maximum atomic E-state index is 15.9. The second-order valence-corrected chi connectivity index (χ2v) is 16.2. The summed E-state index contributed by atoms with van der Waals surface area (Å²) >= 11 is 6.51. The Balaban J connectivity index is 0.841. The number of hydrogen-bond acceptors (Lipinski definition) is 10. The van der Waals surface area contributed by atoms with E-state index in [0.717, 1.165) is 53.2 Å². The highest BCUT2D eigenvalue weighted by atomic mass is 35.5. The Hall–Kier alpha value is -5.65. The fourth-order valence-electron chi connectivity index (χ4n) is 8.91. The maximum absolute atomic E-state index is 15.9. The largest absolute Gasteiger partial charge is 0.385 e. The quantitative estimate of drug-likeness (QED) is 0.181. The molecule has 7 heterocycles. The van der Waals surface area contributed by atoms with E-state index in [2.05, 4.69) is 55.7 Å². The molecule has 4 aliphatic rings. The lowest BCUT2D eigenvalue weighted by molar-refractivity contribution is -0.126. The number of imidazole rings is 1. The normalized spacial score (nSPS) is 19.8. The average molecular weight is 843 g/mol. The number of aromatic nitrogens is 4. The summed E-state index contributed by atoms with van der Waals surface area (Å²) in [7, 11) is 1.79. The molecule has 18 heteroatoms. The Morgan fingerprint density at radius 1 is 1.07 bits per heavy atom. The van der Waals surface area contributed by atoms with Crippen LogP contribution in [0, 0.1) is 6.92 Å². The summed E-state index contributed by atoms with van der Waals surface area (Å²) < 4.78 is 33.2. The number of anilines is 4. The van der Waals surface area contributed by atoms with Crippen LogP contribution in [-0.4, -0.2) is 130 Å². The lowest BCUT2D eigenvalue weighted by Gasteiger charge is -2.46. The van der Waals surface area contributed by atoms with Crippen molar-refractivity contribution in [1.29, 1.82) is 0 Å². The summed E-state index contributed by atoms with van der Waals surface area (Å²) in [6.07, 6.45) is 4.53. The zero-order chi connectivity index (χ0) is 42.5. The maximum Gasteiger partial charge on any atom is 0.326 e. The van der Waals surface area contributed by atoms with Gasteiger partial charge in [0, 0.05) is 76.7 Å². The van der Waals surface area contributed by atoms with Gasteiger partial charge in [0.25, 0.3) is 17.7 Å². The Labute approximate surface area is 351 Å². The van der Waals surface area contributed by atoms with Crippen molar-refractivity contribution >= 4 is 63.5 Å². The number of pyridine rings is 1. The van der Waals surface area contributed by atoms with Gasteiger partial charge in [-0.1, -0.05) is 36.9 Å². The number of nitrogens with zero attached hydrogens (tertiary/aromatic N) is 9. The fourth-order valence-corrected chi connectivity index (χ4v) is 9.11. The van der Waals surface area contributed by atoms with Crippen LogP contribution in [0.2, 0.25) is 5.02 Å². The number of amides is 4. The van der Waals surface area contributed by atoms with Gasteiger partial charge in [-0.3, -0.25) is 19.4 Å². The number of piperidine rings is 1. The van der Waals surface area contributed by atoms with Crippen molar-refractivity contribution in [2.24, 2.45) is 5.73 Å². The van der Waals surface area contributed by atoms with Crippen LogP contribution in [0.4, 0.5) is 36.5 Å². The Kier molecular flexibility index (Phi) is 11.3. The monoisotopic (exact) mass is 842 g/mol. The van der Waals surface area contributed by atoms with Gasteiger partial charge in [-0.15, -0.1) is 5.10 Å². The number of hydrogen-bond donors (Lipinski definition) is 3. The second kappa shape index (κ2) is 16.4. The number of nitrogens with one attached hydrogen (secondary N) is 2. The van der Waals surface area contributed by atoms with Crippen LogP contribution in [0.1, 0.15) is 63.5 Å². The molecule has 1 atom stereocenters. The zero-order valence-electron chi connectivity index (χ0n) is 33.8. The predicted molar refractivity (Wildman–Crippen MR) is 227 cm³/mol. The molecule has 3 aromatic heterocycles. The van der Waals surface area contributed by atoms with Gasteiger partial charge >= 0.3 is 6.03 Å². The number of likely N-dealkylation sites (tertiary alicyclic amines) is 1. The summed E-state index contributed by atoms with van der Waals surface area (Å²) in [5, 5.41) is 10.8. The van der Waals surface area contributed by atoms with Gasteiger partial charge in [0.15, 0.2) is 11.5 Å². The third-order valence-electron chi connectivity index (χ3n) is 12.1. The molecule has 0 aliphatic carbocycles. The van der Waals surface area contributed by atoms with Crippen LogP contribution in [0.3, 0.4) is 0 Å². The number of alkyl halides is 2. The van der Waals surface area contributed by atoms with Gasteiger partial charge in [0.05, 0.1) is 40.9 Å². The number of halogens is 3. The van der Waals surface area contributed by atoms with Crippen molar-refractivity contribution in [1.82, 2.24) is 39.6 Å². The summed E-state index contributed by atoms with van der Waals surface area (Å²) in [6.45, 7) is 13.5. The molecule has 4 N–H and O–H groups in total. The SMILES string of the molecule is C=C1CCN(c2cc(C(=O)N3CCC(N4CCN(CCCC(=C)c5cccc6c5CCN6c5cc(NC)c6ncc(C(N)=O)n6n5)CC4)C(F)(F)C3)nc(C)c2Cl)C(=O)N1. The van der Waals surface area contributed by atoms with E-state index in [4.69, 9.17) is 22.4 Å². The van der Waals surface area contributed by atoms with Crippen LogP contribution in [0.15, 0.2) is 55.4 Å². The molecule has 4 aliphatic heterocycles. The lowest BCUT2D eigenvalue weighted by atomic mass is 9.95. The highest BCUT2D eigenvalue weighted by Crippen LogP contribution is 2.40. The number of piperazine rings is 1. The average Bonchev–Trinajstić information content (AvgIpc) is 3.86. The fraction of sp³-hybridized carbons (Fsp3) is 0.429. The first kappa shape index (κ1) is 41.1. The third kappa shape index (κ3) is 7.76. The minimum absolute atomic E-state index is 0.0287. The Morgan fingerprint density at radius 3 is 2.55 bits per heavy atom. The second-order valence-electron chi connectivity index (χ2n) is 15.9. The van der Waals surface area contributed by atoms with Crippen molar-refractivity contribution in [2.75, 3.05) is 81.1 Å². The number of fused-ring (bicyclic) bond motifs is 2. The molecule has 316 valence electrons. The van der Waals surface area contributed by atoms with Gasteiger partial charge in [0.1, 0.15) is 11.4 Å². The van der Waals surface area contributed by atoms with Crippen molar-refractivity contribution in [3.63, 3.8) is 0 Å². The summed E-state index contributed by atoms with van der Waals surface area (Å²) in [5.74, 6) is -3.68. The van der Waals surface area contributed by atoms with E-state index in [-0.39, 0.29) is 29.4 Å². The van der Waals surface area contributed by atoms with E-state index >= 15 is 8.78 Å². The molecule has 1 aromatic carbocycles. The Morgan fingerprint density at radius 2 is 1.83 bits per heavy atom. The van der Waals surface area contributed by atoms with E-state index in [1.165, 1.54) is 27.2 Å². The molecule has 15 nitrogen and oxygen atoms in total. The molecule has 4 amide bonds. The minimum Gasteiger partial charge on any atom is -0.385 e. The molecule has 0 saturated carbocycles. The van der Waals surface area contributed by atoms with Gasteiger partial charge < -0.3 is 31.1 Å². The van der Waals surface area contributed by atoms with Crippen molar-refractivity contribution in [2.45, 2.75) is 51.0 Å². The number of allylic oxidation sites excluding steroid dienone is 1. The third-order valence-corrected chi connectivity index (χ3v) is 12.6. The zero-order valence-corrected chi connectivity index (χ0v) is 34.6. The first-order valence-corrected chi connectivity index (χ1v) is 20.6. The lowest BCUT2D eigenvalue weighted by Crippen LogP contribution is -2.62. The van der Waals surface area contributed by atoms with Gasteiger partial charge in [0.2, 0.25) is 0 Å². The van der Waals surface area contributed by atoms with Crippen molar-refractivity contribution in [3.8, 4) is 0 Å². The molecule has 4 aromatic rings. The highest BCUT2D eigenvalue weighted by Gasteiger charge is 2.49. The number of nitrogens with two attached hydrogens (primary N) is 1. The van der Waals surface area contributed by atoms with E-state index in [9.17, 15) is 14.4 Å².